The normalized spacial score (nSPS) is 24.8. The summed E-state index contributed by atoms with van der Waals surface area (Å²) in [6.45, 7) is 7.07. The van der Waals surface area contributed by atoms with E-state index in [1.165, 1.54) is 0 Å². The SMILES string of the molecule is C=N/C(=C\C(C)N)N(C)[C@@H]1CCOC1. The molecule has 1 aliphatic heterocycles. The highest BCUT2D eigenvalue weighted by atomic mass is 16.5. The van der Waals surface area contributed by atoms with Crippen LogP contribution in [0.2, 0.25) is 0 Å². The molecule has 0 aromatic heterocycles. The molecule has 80 valence electrons. The zero-order valence-corrected chi connectivity index (χ0v) is 8.94. The zero-order valence-electron chi connectivity index (χ0n) is 8.94. The van der Waals surface area contributed by atoms with Crippen molar-refractivity contribution in [3.8, 4) is 0 Å². The van der Waals surface area contributed by atoms with Gasteiger partial charge >= 0.3 is 0 Å². The Hall–Kier alpha value is -0.870. The topological polar surface area (TPSA) is 50.8 Å². The minimum absolute atomic E-state index is 0.000251. The molecule has 14 heavy (non-hydrogen) atoms. The van der Waals surface area contributed by atoms with Crippen molar-refractivity contribution in [3.05, 3.63) is 11.9 Å². The summed E-state index contributed by atoms with van der Waals surface area (Å²) in [5.41, 5.74) is 5.68. The highest BCUT2D eigenvalue weighted by Crippen LogP contribution is 2.16. The second-order valence-electron chi connectivity index (χ2n) is 3.67. The summed E-state index contributed by atoms with van der Waals surface area (Å²) in [6, 6.07) is 0.408. The molecule has 2 atom stereocenters. The molecule has 0 spiro atoms. The van der Waals surface area contributed by atoms with Crippen LogP contribution in [0.15, 0.2) is 16.9 Å². The number of ether oxygens (including phenoxy) is 1. The van der Waals surface area contributed by atoms with E-state index in [4.69, 9.17) is 10.5 Å². The van der Waals surface area contributed by atoms with Crippen molar-refractivity contribution < 1.29 is 4.74 Å². The van der Waals surface area contributed by atoms with E-state index < -0.39 is 0 Å². The van der Waals surface area contributed by atoms with Crippen LogP contribution in [0.25, 0.3) is 0 Å². The lowest BCUT2D eigenvalue weighted by molar-refractivity contribution is 0.171. The molecule has 4 nitrogen and oxygen atoms in total. The quantitative estimate of drug-likeness (QED) is 0.671. The minimum atomic E-state index is 0.000251. The van der Waals surface area contributed by atoms with Crippen LogP contribution in [0, 0.1) is 0 Å². The van der Waals surface area contributed by atoms with Crippen LogP contribution in [0.3, 0.4) is 0 Å². The summed E-state index contributed by atoms with van der Waals surface area (Å²) in [5.74, 6) is 0.843. The molecule has 1 fully saturated rings. The average Bonchev–Trinajstić information content (AvgIpc) is 2.65. The minimum Gasteiger partial charge on any atom is -0.379 e. The molecule has 1 rings (SSSR count). The van der Waals surface area contributed by atoms with Gasteiger partial charge in [-0.15, -0.1) is 0 Å². The number of nitrogens with zero attached hydrogens (tertiary/aromatic N) is 2. The average molecular weight is 197 g/mol. The molecule has 0 aromatic rings. The van der Waals surface area contributed by atoms with Gasteiger partial charge in [-0.3, -0.25) is 0 Å². The molecule has 2 N–H and O–H groups in total. The molecule has 0 aliphatic carbocycles. The fourth-order valence-corrected chi connectivity index (χ4v) is 1.53. The van der Waals surface area contributed by atoms with Crippen molar-refractivity contribution in [2.45, 2.75) is 25.4 Å². The van der Waals surface area contributed by atoms with Gasteiger partial charge in [0.2, 0.25) is 0 Å². The molecule has 1 aliphatic rings. The fourth-order valence-electron chi connectivity index (χ4n) is 1.53. The highest BCUT2D eigenvalue weighted by molar-refractivity contribution is 5.29. The Morgan fingerprint density at radius 1 is 1.79 bits per heavy atom. The lowest BCUT2D eigenvalue weighted by Crippen LogP contribution is -2.31. The number of aliphatic imine (C=N–C) groups is 1. The maximum Gasteiger partial charge on any atom is 0.125 e. The lowest BCUT2D eigenvalue weighted by Gasteiger charge is -2.25. The maximum atomic E-state index is 5.68. The van der Waals surface area contributed by atoms with Crippen molar-refractivity contribution in [1.82, 2.24) is 4.90 Å². The largest absolute Gasteiger partial charge is 0.379 e. The summed E-state index contributed by atoms with van der Waals surface area (Å²) < 4.78 is 5.32. The predicted octanol–water partition coefficient (Wildman–Crippen LogP) is 0.596. The van der Waals surface area contributed by atoms with Crippen molar-refractivity contribution in [1.29, 1.82) is 0 Å². The summed E-state index contributed by atoms with van der Waals surface area (Å²) in [7, 11) is 2.00. The van der Waals surface area contributed by atoms with E-state index in [-0.39, 0.29) is 6.04 Å². The van der Waals surface area contributed by atoms with Crippen molar-refractivity contribution in [2.24, 2.45) is 10.7 Å². The standard InChI is InChI=1S/C10H19N3O/c1-8(11)6-10(12-2)13(3)9-4-5-14-7-9/h6,8-9H,2,4-5,7,11H2,1,3H3/b10-6+/t8?,9-/m1/s1. The smallest absolute Gasteiger partial charge is 0.125 e. The van der Waals surface area contributed by atoms with Crippen LogP contribution in [0.1, 0.15) is 13.3 Å². The van der Waals surface area contributed by atoms with Crippen LogP contribution < -0.4 is 5.73 Å². The van der Waals surface area contributed by atoms with E-state index >= 15 is 0 Å². The summed E-state index contributed by atoms with van der Waals surface area (Å²) >= 11 is 0. The molecule has 1 unspecified atom stereocenters. The molecule has 4 heteroatoms. The van der Waals surface area contributed by atoms with Gasteiger partial charge in [0, 0.05) is 19.7 Å². The van der Waals surface area contributed by atoms with Crippen molar-refractivity contribution in [2.75, 3.05) is 20.3 Å². The molecule has 0 aromatic carbocycles. The third-order valence-corrected chi connectivity index (χ3v) is 2.39. The Kier molecular flexibility index (Phi) is 4.10. The molecule has 0 saturated carbocycles. The first-order valence-corrected chi connectivity index (χ1v) is 4.90. The van der Waals surface area contributed by atoms with Gasteiger partial charge in [-0.05, 0) is 26.1 Å². The second-order valence-corrected chi connectivity index (χ2v) is 3.67. The lowest BCUT2D eigenvalue weighted by atomic mass is 10.2. The van der Waals surface area contributed by atoms with Gasteiger partial charge < -0.3 is 15.4 Å². The number of hydrogen-bond acceptors (Lipinski definition) is 4. The van der Waals surface area contributed by atoms with Crippen LogP contribution in [-0.4, -0.2) is 44.0 Å². The van der Waals surface area contributed by atoms with E-state index in [0.717, 1.165) is 25.5 Å². The molecule has 1 saturated heterocycles. The molecule has 0 radical (unpaired) electrons. The first kappa shape index (κ1) is 11.2. The molecular weight excluding hydrogens is 178 g/mol. The number of likely N-dealkylation sites (N-methyl/N-ethyl adjacent to an activating group) is 1. The number of nitrogens with two attached hydrogens (primary N) is 1. The van der Waals surface area contributed by atoms with Gasteiger partial charge in [-0.2, -0.15) is 0 Å². The fraction of sp³-hybridized carbons (Fsp3) is 0.700. The van der Waals surface area contributed by atoms with Crippen LogP contribution in [0.5, 0.6) is 0 Å². The highest BCUT2D eigenvalue weighted by Gasteiger charge is 2.21. The molecular formula is C10H19N3O. The van der Waals surface area contributed by atoms with E-state index in [9.17, 15) is 0 Å². The third kappa shape index (κ3) is 2.82. The predicted molar refractivity (Wildman–Crippen MR) is 58.3 cm³/mol. The summed E-state index contributed by atoms with van der Waals surface area (Å²) in [4.78, 5) is 6.06. The Balaban J connectivity index is 2.63. The number of rotatable bonds is 4. The van der Waals surface area contributed by atoms with Crippen molar-refractivity contribution >= 4 is 6.72 Å². The van der Waals surface area contributed by atoms with E-state index in [0.29, 0.717) is 6.04 Å². The van der Waals surface area contributed by atoms with Gasteiger partial charge in [0.1, 0.15) is 5.82 Å². The molecule has 0 bridgehead atoms. The van der Waals surface area contributed by atoms with Crippen molar-refractivity contribution in [3.63, 3.8) is 0 Å². The molecule has 1 heterocycles. The monoisotopic (exact) mass is 197 g/mol. The van der Waals surface area contributed by atoms with E-state index in [1.807, 2.05) is 20.0 Å². The van der Waals surface area contributed by atoms with E-state index in [1.54, 1.807) is 0 Å². The zero-order chi connectivity index (χ0) is 10.6. The van der Waals surface area contributed by atoms with Crippen LogP contribution >= 0.6 is 0 Å². The van der Waals surface area contributed by atoms with Gasteiger partial charge in [0.05, 0.1) is 12.6 Å². The van der Waals surface area contributed by atoms with Gasteiger partial charge in [0.25, 0.3) is 0 Å². The Morgan fingerprint density at radius 2 is 2.50 bits per heavy atom. The van der Waals surface area contributed by atoms with Crippen LogP contribution in [-0.2, 0) is 4.74 Å². The molecule has 0 amide bonds. The first-order chi connectivity index (χ1) is 6.65. The summed E-state index contributed by atoms with van der Waals surface area (Å²) in [6.07, 6.45) is 2.95. The van der Waals surface area contributed by atoms with Gasteiger partial charge in [0.15, 0.2) is 0 Å². The van der Waals surface area contributed by atoms with Crippen LogP contribution in [0.4, 0.5) is 0 Å². The van der Waals surface area contributed by atoms with Gasteiger partial charge in [-0.1, -0.05) is 0 Å². The second kappa shape index (κ2) is 5.12. The van der Waals surface area contributed by atoms with E-state index in [2.05, 4.69) is 16.6 Å². The summed E-state index contributed by atoms with van der Waals surface area (Å²) in [5, 5.41) is 0. The Labute approximate surface area is 85.4 Å². The van der Waals surface area contributed by atoms with Gasteiger partial charge in [-0.25, -0.2) is 4.99 Å². The third-order valence-electron chi connectivity index (χ3n) is 2.39. The maximum absolute atomic E-state index is 5.68. The number of hydrogen-bond donors (Lipinski definition) is 1. The Bertz CT molecular complexity index is 219. The Morgan fingerprint density at radius 3 is 2.93 bits per heavy atom. The first-order valence-electron chi connectivity index (χ1n) is 4.90.